The number of aromatic nitrogens is 2. The van der Waals surface area contributed by atoms with Crippen molar-refractivity contribution in [3.8, 4) is 11.5 Å². The van der Waals surface area contributed by atoms with Crippen LogP contribution in [0, 0.1) is 5.92 Å². The summed E-state index contributed by atoms with van der Waals surface area (Å²) in [6.45, 7) is 6.17. The number of rotatable bonds is 6. The number of aromatic amines is 1. The molecule has 0 aliphatic heterocycles. The maximum atomic E-state index is 13.4. The highest BCUT2D eigenvalue weighted by atomic mass is 32.1. The van der Waals surface area contributed by atoms with E-state index in [1.165, 1.54) is 23.0 Å². The van der Waals surface area contributed by atoms with Crippen LogP contribution in [0.15, 0.2) is 27.8 Å². The lowest BCUT2D eigenvalue weighted by atomic mass is 9.87. The van der Waals surface area contributed by atoms with Crippen LogP contribution < -0.4 is 20.7 Å². The summed E-state index contributed by atoms with van der Waals surface area (Å²) in [5.74, 6) is 0.640. The number of aryl methyl sites for hydroxylation is 1. The predicted octanol–water partition coefficient (Wildman–Crippen LogP) is 3.51. The third-order valence-electron chi connectivity index (χ3n) is 5.63. The fourth-order valence-corrected chi connectivity index (χ4v) is 5.27. The summed E-state index contributed by atoms with van der Waals surface area (Å²) in [4.78, 5) is 42.8. The number of thiophene rings is 1. The number of carbonyl (C=O) groups excluding carboxylic acids is 1. The number of esters is 1. The lowest BCUT2D eigenvalue weighted by molar-refractivity contribution is -0.148. The summed E-state index contributed by atoms with van der Waals surface area (Å²) >= 11 is 1.42. The summed E-state index contributed by atoms with van der Waals surface area (Å²) < 4.78 is 17.0. The van der Waals surface area contributed by atoms with E-state index in [0.717, 1.165) is 10.4 Å². The van der Waals surface area contributed by atoms with Crippen LogP contribution in [0.25, 0.3) is 10.2 Å². The van der Waals surface area contributed by atoms with Gasteiger partial charge in [-0.05, 0) is 43.9 Å². The van der Waals surface area contributed by atoms with Gasteiger partial charge in [0.2, 0.25) is 0 Å². The van der Waals surface area contributed by atoms with Crippen molar-refractivity contribution >= 4 is 27.5 Å². The van der Waals surface area contributed by atoms with Crippen LogP contribution in [0.4, 0.5) is 0 Å². The smallest absolute Gasteiger partial charge is 0.329 e. The Bertz CT molecular complexity index is 1260. The SMILES string of the molecule is CC.CCOC(=O)C1CCc2sc3[nH]c(=O)n(Cc4ccc(OC)cc4OC)c(=O)c3c2C1. The van der Waals surface area contributed by atoms with Crippen LogP contribution in [-0.2, 0) is 28.9 Å². The Labute approximate surface area is 196 Å². The fourth-order valence-electron chi connectivity index (χ4n) is 4.05. The predicted molar refractivity (Wildman–Crippen MR) is 129 cm³/mol. The molecule has 1 N–H and O–H groups in total. The highest BCUT2D eigenvalue weighted by Gasteiger charge is 2.30. The molecule has 0 radical (unpaired) electrons. The van der Waals surface area contributed by atoms with E-state index in [9.17, 15) is 14.4 Å². The van der Waals surface area contributed by atoms with Crippen LogP contribution in [-0.4, -0.2) is 36.3 Å². The Kier molecular flexibility index (Phi) is 7.97. The molecule has 1 aliphatic carbocycles. The number of benzene rings is 1. The number of hydrogen-bond donors (Lipinski definition) is 1. The van der Waals surface area contributed by atoms with Crippen LogP contribution in [0.3, 0.4) is 0 Å². The minimum atomic E-state index is -0.476. The van der Waals surface area contributed by atoms with E-state index in [-0.39, 0.29) is 24.0 Å². The first-order valence-corrected chi connectivity index (χ1v) is 11.9. The number of H-pyrrole nitrogens is 1. The fraction of sp³-hybridized carbons (Fsp3) is 0.458. The molecule has 2 aromatic heterocycles. The molecule has 2 heterocycles. The highest BCUT2D eigenvalue weighted by Crippen LogP contribution is 2.36. The summed E-state index contributed by atoms with van der Waals surface area (Å²) in [5.41, 5.74) is 0.694. The van der Waals surface area contributed by atoms with Gasteiger partial charge in [0, 0.05) is 16.5 Å². The average molecular weight is 475 g/mol. The van der Waals surface area contributed by atoms with E-state index < -0.39 is 5.69 Å². The average Bonchev–Trinajstić information content (AvgIpc) is 3.20. The molecule has 0 amide bonds. The van der Waals surface area contributed by atoms with Crippen molar-refractivity contribution in [3.05, 3.63) is 55.0 Å². The van der Waals surface area contributed by atoms with Gasteiger partial charge >= 0.3 is 11.7 Å². The zero-order valence-electron chi connectivity index (χ0n) is 19.6. The van der Waals surface area contributed by atoms with Gasteiger partial charge in [-0.15, -0.1) is 11.3 Å². The van der Waals surface area contributed by atoms with E-state index in [1.54, 1.807) is 32.2 Å². The van der Waals surface area contributed by atoms with Gasteiger partial charge in [0.1, 0.15) is 16.3 Å². The van der Waals surface area contributed by atoms with Crippen molar-refractivity contribution in [2.24, 2.45) is 5.92 Å². The van der Waals surface area contributed by atoms with Crippen molar-refractivity contribution in [1.29, 1.82) is 0 Å². The Morgan fingerprint density at radius 3 is 2.64 bits per heavy atom. The van der Waals surface area contributed by atoms with Gasteiger partial charge in [-0.3, -0.25) is 19.1 Å². The maximum Gasteiger partial charge on any atom is 0.329 e. The lowest BCUT2D eigenvalue weighted by Crippen LogP contribution is -2.35. The second-order valence-electron chi connectivity index (χ2n) is 7.40. The van der Waals surface area contributed by atoms with Crippen molar-refractivity contribution in [1.82, 2.24) is 9.55 Å². The first-order chi connectivity index (χ1) is 16.0. The van der Waals surface area contributed by atoms with E-state index in [0.29, 0.717) is 53.1 Å². The molecule has 0 fully saturated rings. The molecule has 0 spiro atoms. The third kappa shape index (κ3) is 4.83. The lowest BCUT2D eigenvalue weighted by Gasteiger charge is -2.20. The van der Waals surface area contributed by atoms with Gasteiger partial charge < -0.3 is 14.2 Å². The van der Waals surface area contributed by atoms with Gasteiger partial charge in [-0.25, -0.2) is 4.79 Å². The molecule has 0 bridgehead atoms. The number of hydrogen-bond acceptors (Lipinski definition) is 7. The summed E-state index contributed by atoms with van der Waals surface area (Å²) in [7, 11) is 3.08. The van der Waals surface area contributed by atoms with Crippen molar-refractivity contribution in [2.75, 3.05) is 20.8 Å². The number of ether oxygens (including phenoxy) is 3. The second kappa shape index (κ2) is 10.7. The second-order valence-corrected chi connectivity index (χ2v) is 8.50. The first kappa shape index (κ1) is 24.6. The standard InChI is InChI=1S/C22H24N2O6S.C2H6/c1-4-30-21(26)12-6-8-17-15(9-12)18-19(31-17)23-22(27)24(20(18)25)11-13-5-7-14(28-2)10-16(13)29-3;1-2/h5,7,10,12H,4,6,8-9,11H2,1-3H3,(H,23,27);1-2H3. The zero-order valence-corrected chi connectivity index (χ0v) is 20.5. The molecule has 0 saturated heterocycles. The van der Waals surface area contributed by atoms with Gasteiger partial charge in [0.05, 0.1) is 38.7 Å². The van der Waals surface area contributed by atoms with E-state index in [1.807, 2.05) is 13.8 Å². The highest BCUT2D eigenvalue weighted by molar-refractivity contribution is 7.18. The molecule has 9 heteroatoms. The van der Waals surface area contributed by atoms with Gasteiger partial charge in [0.15, 0.2) is 0 Å². The van der Waals surface area contributed by atoms with E-state index in [2.05, 4.69) is 4.98 Å². The Morgan fingerprint density at radius 1 is 1.21 bits per heavy atom. The van der Waals surface area contributed by atoms with Crippen LogP contribution in [0.1, 0.15) is 43.2 Å². The number of fused-ring (bicyclic) bond motifs is 3. The molecule has 0 saturated carbocycles. The molecule has 1 aromatic carbocycles. The molecule has 1 unspecified atom stereocenters. The minimum Gasteiger partial charge on any atom is -0.497 e. The molecule has 178 valence electrons. The Balaban J connectivity index is 0.00000149. The molecule has 3 aromatic rings. The summed E-state index contributed by atoms with van der Waals surface area (Å²) in [6.07, 6.45) is 1.81. The molecule has 1 atom stereocenters. The minimum absolute atomic E-state index is 0.0587. The molecule has 4 rings (SSSR count). The topological polar surface area (TPSA) is 99.6 Å². The third-order valence-corrected chi connectivity index (χ3v) is 6.84. The molecular weight excluding hydrogens is 444 g/mol. The maximum absolute atomic E-state index is 13.4. The molecule has 1 aliphatic rings. The van der Waals surface area contributed by atoms with Gasteiger partial charge in [0.25, 0.3) is 5.56 Å². The molecule has 33 heavy (non-hydrogen) atoms. The largest absolute Gasteiger partial charge is 0.497 e. The Morgan fingerprint density at radius 2 is 1.97 bits per heavy atom. The van der Waals surface area contributed by atoms with E-state index in [4.69, 9.17) is 14.2 Å². The summed E-state index contributed by atoms with van der Waals surface area (Å²) in [5, 5.41) is 0.487. The van der Waals surface area contributed by atoms with Crippen molar-refractivity contribution < 1.29 is 19.0 Å². The monoisotopic (exact) mass is 474 g/mol. The summed E-state index contributed by atoms with van der Waals surface area (Å²) in [6, 6.07) is 5.24. The van der Waals surface area contributed by atoms with Crippen LogP contribution >= 0.6 is 11.3 Å². The van der Waals surface area contributed by atoms with Crippen molar-refractivity contribution in [3.63, 3.8) is 0 Å². The molecule has 8 nitrogen and oxygen atoms in total. The Hall–Kier alpha value is -3.07. The number of methoxy groups -OCH3 is 2. The quantitative estimate of drug-likeness (QED) is 0.549. The van der Waals surface area contributed by atoms with Crippen molar-refractivity contribution in [2.45, 2.75) is 46.6 Å². The van der Waals surface area contributed by atoms with Gasteiger partial charge in [-0.1, -0.05) is 13.8 Å². The zero-order chi connectivity index (χ0) is 24.1. The number of nitrogens with one attached hydrogen (secondary N) is 1. The molecular formula is C24H30N2O6S. The van der Waals surface area contributed by atoms with E-state index >= 15 is 0 Å². The van der Waals surface area contributed by atoms with Crippen LogP contribution in [0.2, 0.25) is 0 Å². The normalized spacial score (nSPS) is 14.8. The number of nitrogens with zero attached hydrogens (tertiary/aromatic N) is 1. The van der Waals surface area contributed by atoms with Crippen LogP contribution in [0.5, 0.6) is 11.5 Å². The number of carbonyl (C=O) groups is 1. The van der Waals surface area contributed by atoms with Gasteiger partial charge in [-0.2, -0.15) is 0 Å². The first-order valence-electron chi connectivity index (χ1n) is 11.1.